The zero-order valence-corrected chi connectivity index (χ0v) is 15.3. The summed E-state index contributed by atoms with van der Waals surface area (Å²) >= 11 is 0. The lowest BCUT2D eigenvalue weighted by atomic mass is 10.0. The topological polar surface area (TPSA) is 67.3 Å². The molecule has 4 heterocycles. The SMILES string of the molecule is CCc1ccc(Cc2ccc(Cc3c[nH]c4ncnc(C)c34)c(F)n2)cn1. The van der Waals surface area contributed by atoms with Crippen LogP contribution in [0.5, 0.6) is 0 Å². The third-order valence-electron chi connectivity index (χ3n) is 4.74. The van der Waals surface area contributed by atoms with Crippen LogP contribution in [0.25, 0.3) is 11.0 Å². The summed E-state index contributed by atoms with van der Waals surface area (Å²) in [6.45, 7) is 4.00. The number of pyridine rings is 2. The Kier molecular flexibility index (Phi) is 4.62. The smallest absolute Gasteiger partial charge is 0.216 e. The Labute approximate surface area is 156 Å². The van der Waals surface area contributed by atoms with E-state index in [4.69, 9.17) is 0 Å². The highest BCUT2D eigenvalue weighted by Gasteiger charge is 2.12. The number of hydrogen-bond acceptors (Lipinski definition) is 4. The summed E-state index contributed by atoms with van der Waals surface area (Å²) < 4.78 is 14.6. The zero-order valence-electron chi connectivity index (χ0n) is 15.3. The van der Waals surface area contributed by atoms with Gasteiger partial charge in [-0.1, -0.05) is 19.1 Å². The predicted molar refractivity (Wildman–Crippen MR) is 102 cm³/mol. The molecule has 136 valence electrons. The monoisotopic (exact) mass is 361 g/mol. The number of aryl methyl sites for hydroxylation is 2. The standard InChI is InChI=1S/C21H20FN5/c1-3-17-6-4-14(10-23-17)8-18-7-5-15(20(22)27-18)9-16-11-24-21-19(16)13(2)25-12-26-21/h4-7,10-12H,3,8-9H2,1-2H3,(H,24,25,26). The van der Waals surface area contributed by atoms with E-state index in [-0.39, 0.29) is 0 Å². The maximum atomic E-state index is 14.6. The van der Waals surface area contributed by atoms with Crippen LogP contribution in [-0.2, 0) is 19.3 Å². The summed E-state index contributed by atoms with van der Waals surface area (Å²) in [4.78, 5) is 20.1. The number of halogens is 1. The van der Waals surface area contributed by atoms with Gasteiger partial charge in [0.15, 0.2) is 0 Å². The lowest BCUT2D eigenvalue weighted by molar-refractivity contribution is 0.565. The molecule has 0 fully saturated rings. The third kappa shape index (κ3) is 3.56. The van der Waals surface area contributed by atoms with E-state index in [2.05, 4.69) is 31.8 Å². The van der Waals surface area contributed by atoms with E-state index in [1.54, 1.807) is 0 Å². The van der Waals surface area contributed by atoms with Gasteiger partial charge < -0.3 is 4.98 Å². The van der Waals surface area contributed by atoms with Crippen LogP contribution in [0.2, 0.25) is 0 Å². The van der Waals surface area contributed by atoms with E-state index in [1.807, 2.05) is 43.6 Å². The molecule has 27 heavy (non-hydrogen) atoms. The molecule has 0 unspecified atom stereocenters. The van der Waals surface area contributed by atoms with Gasteiger partial charge in [-0.15, -0.1) is 0 Å². The molecule has 0 bridgehead atoms. The molecule has 0 atom stereocenters. The van der Waals surface area contributed by atoms with Gasteiger partial charge in [0, 0.05) is 47.6 Å². The molecule has 0 radical (unpaired) electrons. The van der Waals surface area contributed by atoms with E-state index in [0.29, 0.717) is 24.1 Å². The van der Waals surface area contributed by atoms with E-state index in [1.165, 1.54) is 6.33 Å². The number of aromatic amines is 1. The molecule has 0 saturated heterocycles. The van der Waals surface area contributed by atoms with Crippen molar-refractivity contribution in [2.75, 3.05) is 0 Å². The molecule has 4 rings (SSSR count). The van der Waals surface area contributed by atoms with Gasteiger partial charge in [-0.2, -0.15) is 4.39 Å². The van der Waals surface area contributed by atoms with Crippen molar-refractivity contribution in [1.82, 2.24) is 24.9 Å². The minimum Gasteiger partial charge on any atom is -0.346 e. The lowest BCUT2D eigenvalue weighted by Crippen LogP contribution is -2.01. The Bertz CT molecular complexity index is 1090. The van der Waals surface area contributed by atoms with Gasteiger partial charge in [0.25, 0.3) is 0 Å². The molecule has 0 aliphatic heterocycles. The third-order valence-corrected chi connectivity index (χ3v) is 4.74. The Balaban J connectivity index is 1.56. The molecular weight excluding hydrogens is 341 g/mol. The predicted octanol–water partition coefficient (Wildman–Crippen LogP) is 3.94. The van der Waals surface area contributed by atoms with Gasteiger partial charge in [-0.05, 0) is 36.6 Å². The highest BCUT2D eigenvalue weighted by atomic mass is 19.1. The summed E-state index contributed by atoms with van der Waals surface area (Å²) in [7, 11) is 0. The molecule has 0 aromatic carbocycles. The average molecular weight is 361 g/mol. The highest BCUT2D eigenvalue weighted by molar-refractivity contribution is 5.82. The molecule has 4 aromatic heterocycles. The van der Waals surface area contributed by atoms with Crippen molar-refractivity contribution in [2.24, 2.45) is 0 Å². The van der Waals surface area contributed by atoms with Gasteiger partial charge in [0.1, 0.15) is 12.0 Å². The minimum absolute atomic E-state index is 0.436. The molecule has 1 N–H and O–H groups in total. The van der Waals surface area contributed by atoms with Gasteiger partial charge in [-0.25, -0.2) is 15.0 Å². The summed E-state index contributed by atoms with van der Waals surface area (Å²) in [6, 6.07) is 7.71. The highest BCUT2D eigenvalue weighted by Crippen LogP contribution is 2.22. The fraction of sp³-hybridized carbons (Fsp3) is 0.238. The van der Waals surface area contributed by atoms with Crippen molar-refractivity contribution in [3.05, 3.63) is 82.7 Å². The van der Waals surface area contributed by atoms with E-state index < -0.39 is 5.95 Å². The number of rotatable bonds is 5. The summed E-state index contributed by atoms with van der Waals surface area (Å²) in [5, 5.41) is 0.947. The first-order valence-electron chi connectivity index (χ1n) is 8.99. The number of nitrogens with one attached hydrogen (secondary N) is 1. The van der Waals surface area contributed by atoms with Crippen molar-refractivity contribution in [2.45, 2.75) is 33.1 Å². The fourth-order valence-corrected chi connectivity index (χ4v) is 3.25. The normalized spacial score (nSPS) is 11.2. The lowest BCUT2D eigenvalue weighted by Gasteiger charge is -2.06. The van der Waals surface area contributed by atoms with Crippen LogP contribution in [-0.4, -0.2) is 24.9 Å². The molecule has 0 aliphatic carbocycles. The largest absolute Gasteiger partial charge is 0.346 e. The van der Waals surface area contributed by atoms with Crippen LogP contribution in [0.3, 0.4) is 0 Å². The number of hydrogen-bond donors (Lipinski definition) is 1. The second-order valence-corrected chi connectivity index (χ2v) is 6.61. The number of fused-ring (bicyclic) bond motifs is 1. The van der Waals surface area contributed by atoms with Crippen LogP contribution in [0.15, 0.2) is 43.0 Å². The number of nitrogens with zero attached hydrogens (tertiary/aromatic N) is 4. The summed E-state index contributed by atoms with van der Waals surface area (Å²) in [6.07, 6.45) is 7.13. The first-order valence-corrected chi connectivity index (χ1v) is 8.99. The number of H-pyrrole nitrogens is 1. The van der Waals surface area contributed by atoms with Crippen LogP contribution >= 0.6 is 0 Å². The van der Waals surface area contributed by atoms with Crippen molar-refractivity contribution >= 4 is 11.0 Å². The van der Waals surface area contributed by atoms with Crippen molar-refractivity contribution < 1.29 is 4.39 Å². The van der Waals surface area contributed by atoms with E-state index in [0.717, 1.165) is 40.0 Å². The van der Waals surface area contributed by atoms with Crippen LogP contribution < -0.4 is 0 Å². The van der Waals surface area contributed by atoms with Gasteiger partial charge in [0.05, 0.1) is 5.69 Å². The molecular formula is C21H20FN5. The van der Waals surface area contributed by atoms with E-state index >= 15 is 0 Å². The molecule has 0 amide bonds. The number of aromatic nitrogens is 5. The average Bonchev–Trinajstić information content (AvgIpc) is 3.09. The summed E-state index contributed by atoms with van der Waals surface area (Å²) in [5.41, 5.74) is 5.94. The van der Waals surface area contributed by atoms with E-state index in [9.17, 15) is 4.39 Å². The Hall–Kier alpha value is -3.15. The Morgan fingerprint density at radius 1 is 0.963 bits per heavy atom. The first kappa shape index (κ1) is 17.3. The van der Waals surface area contributed by atoms with Crippen LogP contribution in [0.1, 0.15) is 40.7 Å². The molecule has 0 aliphatic rings. The van der Waals surface area contributed by atoms with Crippen molar-refractivity contribution in [3.63, 3.8) is 0 Å². The molecule has 6 heteroatoms. The maximum absolute atomic E-state index is 14.6. The van der Waals surface area contributed by atoms with Crippen LogP contribution in [0.4, 0.5) is 4.39 Å². The zero-order chi connectivity index (χ0) is 18.8. The molecule has 4 aromatic rings. The first-order chi connectivity index (χ1) is 13.1. The maximum Gasteiger partial charge on any atom is 0.216 e. The van der Waals surface area contributed by atoms with Crippen LogP contribution in [0, 0.1) is 12.9 Å². The minimum atomic E-state index is -0.436. The summed E-state index contributed by atoms with van der Waals surface area (Å²) in [5.74, 6) is -0.436. The second kappa shape index (κ2) is 7.23. The van der Waals surface area contributed by atoms with Crippen molar-refractivity contribution in [1.29, 1.82) is 0 Å². The Morgan fingerprint density at radius 2 is 1.81 bits per heavy atom. The van der Waals surface area contributed by atoms with Gasteiger partial charge in [-0.3, -0.25) is 4.98 Å². The second-order valence-electron chi connectivity index (χ2n) is 6.61. The molecule has 5 nitrogen and oxygen atoms in total. The molecule has 0 spiro atoms. The Morgan fingerprint density at radius 3 is 2.56 bits per heavy atom. The van der Waals surface area contributed by atoms with Gasteiger partial charge in [0.2, 0.25) is 5.95 Å². The molecule has 0 saturated carbocycles. The quantitative estimate of drug-likeness (QED) is 0.547. The van der Waals surface area contributed by atoms with Crippen molar-refractivity contribution in [3.8, 4) is 0 Å². The fourth-order valence-electron chi connectivity index (χ4n) is 3.25. The van der Waals surface area contributed by atoms with Gasteiger partial charge >= 0.3 is 0 Å².